The molecule has 0 aromatic rings. The first-order valence-corrected chi connectivity index (χ1v) is 13.3. The molecule has 0 radical (unpaired) electrons. The molecule has 0 heterocycles. The Balaban J connectivity index is -0.000000451. The van der Waals surface area contributed by atoms with Crippen LogP contribution in [0.15, 0.2) is 0 Å². The Morgan fingerprint density at radius 1 is 0.517 bits per heavy atom. The van der Waals surface area contributed by atoms with E-state index in [0.29, 0.717) is 13.2 Å². The molecule has 2 unspecified atom stereocenters. The van der Waals surface area contributed by atoms with Crippen molar-refractivity contribution in [2.24, 2.45) is 0 Å². The van der Waals surface area contributed by atoms with Crippen molar-refractivity contribution in [3.63, 3.8) is 0 Å². The van der Waals surface area contributed by atoms with Crippen molar-refractivity contribution < 1.29 is 44.5 Å². The number of hydrogen-bond donors (Lipinski definition) is 0. The van der Waals surface area contributed by atoms with E-state index in [2.05, 4.69) is 22.9 Å². The van der Waals surface area contributed by atoms with Crippen LogP contribution in [0.3, 0.4) is 0 Å². The Labute approximate surface area is 190 Å². The Hall–Kier alpha value is 0.534. The zero-order valence-electron chi connectivity index (χ0n) is 18.4. The maximum absolute atomic E-state index is 10.0. The van der Waals surface area contributed by atoms with Crippen LogP contribution in [0.2, 0.25) is 0 Å². The molecule has 29 heavy (non-hydrogen) atoms. The summed E-state index contributed by atoms with van der Waals surface area (Å²) in [5.74, 6) is 0. The smallest absolute Gasteiger partial charge is 0.566 e. The van der Waals surface area contributed by atoms with Crippen LogP contribution in [0, 0.1) is 0 Å². The summed E-state index contributed by atoms with van der Waals surface area (Å²) in [5, 5.41) is 0. The fraction of sp³-hybridized carbons (Fsp3) is 1.00. The first kappa shape index (κ1) is 34.2. The summed E-state index contributed by atoms with van der Waals surface area (Å²) in [4.78, 5) is 20.0. The third-order valence-corrected chi connectivity index (χ3v) is 5.18. The van der Waals surface area contributed by atoms with Gasteiger partial charge in [0.15, 0.2) is 0 Å². The third-order valence-electron chi connectivity index (χ3n) is 4.39. The predicted molar refractivity (Wildman–Crippen MR) is 112 cm³/mol. The molecule has 0 aromatic heterocycles. The van der Waals surface area contributed by atoms with E-state index in [1.807, 2.05) is 0 Å². The largest absolute Gasteiger partial charge is 2.00 e. The van der Waals surface area contributed by atoms with Crippen LogP contribution < -0.4 is 9.79 Å². The van der Waals surface area contributed by atoms with Gasteiger partial charge in [0.05, 0.1) is 0 Å². The van der Waals surface area contributed by atoms with Gasteiger partial charge in [-0.05, 0) is 22.0 Å². The average Bonchev–Trinajstić information content (AvgIpc) is 2.65. The van der Waals surface area contributed by atoms with Crippen molar-refractivity contribution >= 4 is 16.5 Å². The van der Waals surface area contributed by atoms with E-state index in [1.165, 1.54) is 77.0 Å². The van der Waals surface area contributed by atoms with Gasteiger partial charge in [0.1, 0.15) is 13.2 Å². The number of unbranched alkanes of at least 4 members (excludes halogenated alkanes) is 14. The maximum Gasteiger partial charge on any atom is 2.00 e. The standard InChI is InChI=1S/2C10H21O3P.Ni/c2*1-2-3-4-5-6-7-8-9-10-13-14(11)12;/h2*2-10H2,1H3;/q;;+2. The molecule has 0 rings (SSSR count). The van der Waals surface area contributed by atoms with E-state index in [0.717, 1.165) is 25.7 Å². The van der Waals surface area contributed by atoms with Gasteiger partial charge in [0.2, 0.25) is 0 Å². The summed E-state index contributed by atoms with van der Waals surface area (Å²) in [6.45, 7) is 5.13. The number of hydrogen-bond acceptors (Lipinski definition) is 6. The average molecular weight is 499 g/mol. The Bertz CT molecular complexity index is 317. The molecule has 0 N–H and O–H groups in total. The summed E-state index contributed by atoms with van der Waals surface area (Å²) in [6, 6.07) is 0. The SMILES string of the molecule is CCCCCCCCCCO[P+](=O)[O-].CCCCCCCCCCO[P+](=O)[O-].[Ni+2]. The Kier molecular flexibility index (Phi) is 36.2. The molecule has 176 valence electrons. The Morgan fingerprint density at radius 3 is 1.00 bits per heavy atom. The van der Waals surface area contributed by atoms with Gasteiger partial charge in [-0.1, -0.05) is 104 Å². The molecule has 0 spiro atoms. The van der Waals surface area contributed by atoms with E-state index >= 15 is 0 Å². The van der Waals surface area contributed by atoms with E-state index in [4.69, 9.17) is 0 Å². The molecule has 9 heteroatoms. The van der Waals surface area contributed by atoms with Crippen LogP contribution in [-0.2, 0) is 34.7 Å². The van der Waals surface area contributed by atoms with Gasteiger partial charge < -0.3 is 9.79 Å². The molecule has 0 saturated carbocycles. The van der Waals surface area contributed by atoms with Gasteiger partial charge in [-0.2, -0.15) is 0 Å². The first-order valence-electron chi connectivity index (χ1n) is 11.1. The Morgan fingerprint density at radius 2 is 0.759 bits per heavy atom. The molecule has 0 saturated heterocycles. The molecule has 0 aliphatic heterocycles. The zero-order chi connectivity index (χ0) is 21.3. The van der Waals surface area contributed by atoms with Crippen molar-refractivity contribution in [1.82, 2.24) is 0 Å². The monoisotopic (exact) mass is 498 g/mol. The van der Waals surface area contributed by atoms with E-state index < -0.39 is 16.5 Å². The number of rotatable bonds is 20. The fourth-order valence-electron chi connectivity index (χ4n) is 2.75. The maximum atomic E-state index is 10.0. The van der Waals surface area contributed by atoms with Gasteiger partial charge in [0, 0.05) is 0 Å². The van der Waals surface area contributed by atoms with Crippen molar-refractivity contribution in [1.29, 1.82) is 0 Å². The van der Waals surface area contributed by atoms with Crippen molar-refractivity contribution in [2.45, 2.75) is 117 Å². The third kappa shape index (κ3) is 39.6. The van der Waals surface area contributed by atoms with Crippen LogP contribution in [0.4, 0.5) is 0 Å². The molecule has 0 aliphatic rings. The minimum absolute atomic E-state index is 0. The van der Waals surface area contributed by atoms with Crippen molar-refractivity contribution in [2.75, 3.05) is 13.2 Å². The normalized spacial score (nSPS) is 11.3. The van der Waals surface area contributed by atoms with E-state index in [9.17, 15) is 18.9 Å². The summed E-state index contributed by atoms with van der Waals surface area (Å²) in [6.07, 6.45) is 19.3. The molecule has 0 fully saturated rings. The molecule has 0 bridgehead atoms. The zero-order valence-corrected chi connectivity index (χ0v) is 21.2. The van der Waals surface area contributed by atoms with Gasteiger partial charge >= 0.3 is 33.0 Å². The van der Waals surface area contributed by atoms with Crippen LogP contribution in [0.25, 0.3) is 0 Å². The van der Waals surface area contributed by atoms with Gasteiger partial charge in [-0.3, -0.25) is 0 Å². The molecule has 2 atom stereocenters. The summed E-state index contributed by atoms with van der Waals surface area (Å²) in [7, 11) is -5.27. The van der Waals surface area contributed by atoms with Gasteiger partial charge in [0.25, 0.3) is 0 Å². The molecular weight excluding hydrogens is 457 g/mol. The topological polar surface area (TPSA) is 98.7 Å². The minimum Gasteiger partial charge on any atom is -0.566 e. The molecule has 0 amide bonds. The summed E-state index contributed by atoms with van der Waals surface area (Å²) < 4.78 is 28.9. The molecule has 0 aliphatic carbocycles. The fourth-order valence-corrected chi connectivity index (χ4v) is 3.31. The molecular formula is C20H42NiO6P2+2. The van der Waals surface area contributed by atoms with Gasteiger partial charge in [-0.15, -0.1) is 9.05 Å². The first-order chi connectivity index (χ1) is 13.5. The quantitative estimate of drug-likeness (QED) is 0.110. The second-order valence-electron chi connectivity index (χ2n) is 7.06. The van der Waals surface area contributed by atoms with Crippen molar-refractivity contribution in [3.8, 4) is 0 Å². The molecule has 6 nitrogen and oxygen atoms in total. The van der Waals surface area contributed by atoms with Crippen LogP contribution >= 0.6 is 16.5 Å². The van der Waals surface area contributed by atoms with Crippen LogP contribution in [0.1, 0.15) is 117 Å². The van der Waals surface area contributed by atoms with Crippen LogP contribution in [-0.4, -0.2) is 13.2 Å². The predicted octanol–water partition coefficient (Wildman–Crippen LogP) is 6.32. The summed E-state index contributed by atoms with van der Waals surface area (Å²) in [5.41, 5.74) is 0. The van der Waals surface area contributed by atoms with Crippen LogP contribution in [0.5, 0.6) is 0 Å². The minimum atomic E-state index is -2.63. The second-order valence-corrected chi connectivity index (χ2v) is 8.47. The van der Waals surface area contributed by atoms with E-state index in [-0.39, 0.29) is 16.5 Å². The van der Waals surface area contributed by atoms with E-state index in [1.54, 1.807) is 0 Å². The summed E-state index contributed by atoms with van der Waals surface area (Å²) >= 11 is 0. The second kappa shape index (κ2) is 30.7. The van der Waals surface area contributed by atoms with Gasteiger partial charge in [-0.25, -0.2) is 0 Å². The van der Waals surface area contributed by atoms with Crippen molar-refractivity contribution in [3.05, 3.63) is 0 Å². The molecule has 0 aromatic carbocycles.